The zero-order valence-electron chi connectivity index (χ0n) is 34.1. The van der Waals surface area contributed by atoms with Crippen LogP contribution in [0.15, 0.2) is 116 Å². The molecule has 7 aromatic rings. The first kappa shape index (κ1) is 43.9. The van der Waals surface area contributed by atoms with Gasteiger partial charge in [0.15, 0.2) is 5.78 Å². The highest BCUT2D eigenvalue weighted by molar-refractivity contribution is 9.09. The Morgan fingerprint density at radius 2 is 1.34 bits per heavy atom. The van der Waals surface area contributed by atoms with Gasteiger partial charge in [-0.05, 0) is 61.9 Å². The molecular weight excluding hydrogens is 836 g/mol. The molecule has 3 aromatic heterocycles. The van der Waals surface area contributed by atoms with Gasteiger partial charge in [-0.2, -0.15) is 0 Å². The van der Waals surface area contributed by atoms with Crippen LogP contribution in [-0.2, 0) is 9.59 Å². The van der Waals surface area contributed by atoms with Crippen LogP contribution in [0.5, 0.6) is 0 Å². The number of nitrogens with one attached hydrogen (secondary N) is 4. The molecular formula is C47H47BrN8O5. The number of carbonyl (C=O) groups is 4. The molecule has 2 atom stereocenters. The van der Waals surface area contributed by atoms with Crippen molar-refractivity contribution in [3.8, 4) is 11.3 Å². The second-order valence-corrected chi connectivity index (χ2v) is 15.0. The number of rotatable bonds is 7. The number of H-pyrrole nitrogens is 1. The fourth-order valence-electron chi connectivity index (χ4n) is 6.67. The van der Waals surface area contributed by atoms with E-state index in [1.54, 1.807) is 25.4 Å². The number of nitrogens with zero attached hydrogens (tertiary/aromatic N) is 4. The van der Waals surface area contributed by atoms with E-state index in [1.165, 1.54) is 0 Å². The summed E-state index contributed by atoms with van der Waals surface area (Å²) >= 11 is 3.20. The average molecular weight is 884 g/mol. The molecule has 1 amide bonds. The van der Waals surface area contributed by atoms with Crippen molar-refractivity contribution < 1.29 is 24.3 Å². The maximum absolute atomic E-state index is 12.2. The number of benzene rings is 4. The van der Waals surface area contributed by atoms with Crippen LogP contribution in [0.3, 0.4) is 0 Å². The predicted molar refractivity (Wildman–Crippen MR) is 243 cm³/mol. The molecule has 2 unspecified atom stereocenters. The Balaban J connectivity index is 0.000000165. The van der Waals surface area contributed by atoms with Crippen molar-refractivity contribution in [3.05, 3.63) is 132 Å². The summed E-state index contributed by atoms with van der Waals surface area (Å²) < 4.78 is 0. The molecule has 4 heterocycles. The van der Waals surface area contributed by atoms with Gasteiger partial charge >= 0.3 is 0 Å². The standard InChI is InChI=1S/C22H19N5O.C16H12BrN3O.C7H10O2.C2H6O/c1-13-11-24-22(28)16-10-18(26-20(13)16)15-8-5-9-17-21(15)27-19(12-23-17)25-14-6-3-2-4-7-14;17-9-14(21)12-7-4-8-13-16(12)20-15(10-18-13)19-11-5-2-1-3-6-11;1-5-2-3-6(8)4-7(5)9;1-2-3/h2-10,12-13,26H,11H2,1H3,(H,24,28)(H,25,27);1-8,10H,9H2,(H,19,20);5H,2-4H2,1H3;3H,2H2,1H3. The number of halogens is 1. The van der Waals surface area contributed by atoms with Crippen LogP contribution < -0.4 is 16.0 Å². The van der Waals surface area contributed by atoms with Gasteiger partial charge in [0.2, 0.25) is 0 Å². The molecule has 2 aliphatic rings. The number of aromatic amines is 1. The zero-order chi connectivity index (χ0) is 43.3. The number of aromatic nitrogens is 5. The van der Waals surface area contributed by atoms with Crippen LogP contribution in [-0.4, -0.2) is 71.8 Å². The lowest BCUT2D eigenvalue weighted by molar-refractivity contribution is -0.132. The summed E-state index contributed by atoms with van der Waals surface area (Å²) in [5.74, 6) is 1.85. The van der Waals surface area contributed by atoms with Crippen molar-refractivity contribution in [2.75, 3.05) is 29.1 Å². The molecule has 13 nitrogen and oxygen atoms in total. The molecule has 0 spiro atoms. The quantitative estimate of drug-likeness (QED) is 0.0583. The number of ketones is 3. The van der Waals surface area contributed by atoms with Gasteiger partial charge in [0.25, 0.3) is 5.91 Å². The van der Waals surface area contributed by atoms with Crippen LogP contribution >= 0.6 is 15.9 Å². The lowest BCUT2D eigenvalue weighted by Crippen LogP contribution is -2.33. The number of carbonyl (C=O) groups excluding carboxylic acids is 4. The van der Waals surface area contributed by atoms with E-state index < -0.39 is 0 Å². The third-order valence-electron chi connectivity index (χ3n) is 9.88. The van der Waals surface area contributed by atoms with Crippen LogP contribution in [0.2, 0.25) is 0 Å². The summed E-state index contributed by atoms with van der Waals surface area (Å²) in [5, 5.41) is 17.2. The summed E-state index contributed by atoms with van der Waals surface area (Å²) in [6.07, 6.45) is 4.94. The summed E-state index contributed by atoms with van der Waals surface area (Å²) in [5.41, 5.74) is 8.86. The van der Waals surface area contributed by atoms with Crippen LogP contribution in [0.25, 0.3) is 33.3 Å². The van der Waals surface area contributed by atoms with Crippen molar-refractivity contribution >= 4 is 84.3 Å². The summed E-state index contributed by atoms with van der Waals surface area (Å²) in [7, 11) is 0. The number of alkyl halides is 1. The van der Waals surface area contributed by atoms with E-state index in [-0.39, 0.29) is 53.5 Å². The van der Waals surface area contributed by atoms with Crippen molar-refractivity contribution in [2.24, 2.45) is 5.92 Å². The van der Waals surface area contributed by atoms with Crippen LogP contribution in [0.1, 0.15) is 72.4 Å². The smallest absolute Gasteiger partial charge is 0.253 e. The Morgan fingerprint density at radius 1 is 0.770 bits per heavy atom. The minimum atomic E-state index is -0.0339. The third kappa shape index (κ3) is 11.4. The molecule has 1 aliphatic carbocycles. The number of amides is 1. The number of hydrogen-bond donors (Lipinski definition) is 5. The minimum absolute atomic E-state index is 0.00763. The van der Waals surface area contributed by atoms with Crippen LogP contribution in [0, 0.1) is 5.92 Å². The molecule has 0 saturated heterocycles. The third-order valence-corrected chi connectivity index (χ3v) is 10.4. The van der Waals surface area contributed by atoms with Gasteiger partial charge in [-0.25, -0.2) is 9.97 Å². The molecule has 0 radical (unpaired) electrons. The summed E-state index contributed by atoms with van der Waals surface area (Å²) in [6.45, 7) is 6.56. The summed E-state index contributed by atoms with van der Waals surface area (Å²) in [4.78, 5) is 67.3. The molecule has 14 heteroatoms. The molecule has 9 rings (SSSR count). The van der Waals surface area contributed by atoms with Gasteiger partial charge in [-0.1, -0.05) is 84.4 Å². The fourth-order valence-corrected chi connectivity index (χ4v) is 6.97. The van der Waals surface area contributed by atoms with Gasteiger partial charge in [-0.3, -0.25) is 29.1 Å². The molecule has 1 aliphatic heterocycles. The number of para-hydroxylation sites is 4. The first-order valence-corrected chi connectivity index (χ1v) is 21.1. The summed E-state index contributed by atoms with van der Waals surface area (Å²) in [6, 6.07) is 32.8. The first-order chi connectivity index (χ1) is 29.6. The van der Waals surface area contributed by atoms with E-state index in [9.17, 15) is 19.2 Å². The normalized spacial score (nSPS) is 15.5. The highest BCUT2D eigenvalue weighted by Gasteiger charge is 2.26. The Bertz CT molecular complexity index is 2640. The van der Waals surface area contributed by atoms with Crippen molar-refractivity contribution in [2.45, 2.75) is 46.0 Å². The van der Waals surface area contributed by atoms with Crippen molar-refractivity contribution in [3.63, 3.8) is 0 Å². The van der Waals surface area contributed by atoms with Crippen LogP contribution in [0.4, 0.5) is 23.0 Å². The topological polar surface area (TPSA) is 192 Å². The molecule has 1 fully saturated rings. The molecule has 4 aromatic carbocycles. The zero-order valence-corrected chi connectivity index (χ0v) is 35.7. The van der Waals surface area contributed by atoms with E-state index in [1.807, 2.05) is 104 Å². The Labute approximate surface area is 362 Å². The maximum Gasteiger partial charge on any atom is 0.253 e. The van der Waals surface area contributed by atoms with Crippen molar-refractivity contribution in [1.29, 1.82) is 0 Å². The van der Waals surface area contributed by atoms with E-state index in [0.29, 0.717) is 46.8 Å². The number of aliphatic hydroxyl groups is 1. The fraction of sp³-hybridized carbons (Fsp3) is 0.234. The number of Topliss-reactive ketones (excluding diaryl/α,β-unsaturated/α-hetero) is 3. The number of anilines is 4. The van der Waals surface area contributed by atoms with Gasteiger partial charge in [0.1, 0.15) is 34.2 Å². The van der Waals surface area contributed by atoms with E-state index in [0.717, 1.165) is 45.8 Å². The SMILES string of the molecule is CC1CCC(=O)CC1=O.CC1CNC(=O)c2cc(-c3cccc4ncc(Nc5ccccc5)nc34)[nH]c21.CCO.O=C(CBr)c1cccc2ncc(Nc3ccccc3)nc12. The molecule has 5 N–H and O–H groups in total. The Kier molecular flexibility index (Phi) is 15.2. The highest BCUT2D eigenvalue weighted by Crippen LogP contribution is 2.32. The molecule has 1 saturated carbocycles. The lowest BCUT2D eigenvalue weighted by atomic mass is 9.89. The second-order valence-electron chi connectivity index (χ2n) is 14.5. The van der Waals surface area contributed by atoms with E-state index in [4.69, 9.17) is 10.1 Å². The van der Waals surface area contributed by atoms with E-state index >= 15 is 0 Å². The first-order valence-electron chi connectivity index (χ1n) is 20.0. The van der Waals surface area contributed by atoms with Gasteiger partial charge in [-0.15, -0.1) is 0 Å². The lowest BCUT2D eigenvalue weighted by Gasteiger charge is -2.18. The number of hydrogen-bond acceptors (Lipinski definition) is 11. The molecule has 312 valence electrons. The largest absolute Gasteiger partial charge is 0.397 e. The molecule has 61 heavy (non-hydrogen) atoms. The monoisotopic (exact) mass is 882 g/mol. The van der Waals surface area contributed by atoms with Gasteiger partial charge < -0.3 is 26.0 Å². The average Bonchev–Trinajstić information content (AvgIpc) is 3.74. The Morgan fingerprint density at radius 3 is 1.90 bits per heavy atom. The number of aliphatic hydroxyl groups excluding tert-OH is 1. The van der Waals surface area contributed by atoms with E-state index in [2.05, 4.69) is 58.7 Å². The second kappa shape index (κ2) is 21.1. The Hall–Kier alpha value is -6.64. The highest BCUT2D eigenvalue weighted by atomic mass is 79.9. The van der Waals surface area contributed by atoms with Crippen molar-refractivity contribution in [1.82, 2.24) is 30.2 Å². The minimum Gasteiger partial charge on any atom is -0.397 e. The van der Waals surface area contributed by atoms with Gasteiger partial charge in [0.05, 0.1) is 40.7 Å². The number of fused-ring (bicyclic) bond motifs is 3. The predicted octanol–water partition coefficient (Wildman–Crippen LogP) is 9.11. The molecule has 0 bridgehead atoms. The maximum atomic E-state index is 12.2. The van der Waals surface area contributed by atoms with Gasteiger partial charge in [0, 0.05) is 65.3 Å².